The van der Waals surface area contributed by atoms with Gasteiger partial charge in [0.2, 0.25) is 0 Å². The number of fused-ring (bicyclic) bond motifs is 1. The number of carboxylic acid groups (broad SMARTS) is 1. The van der Waals surface area contributed by atoms with Crippen LogP contribution in [0.2, 0.25) is 0 Å². The predicted octanol–water partition coefficient (Wildman–Crippen LogP) is 2.83. The maximum absolute atomic E-state index is 12.4. The van der Waals surface area contributed by atoms with Gasteiger partial charge in [-0.2, -0.15) is 0 Å². The average molecular weight is 457 g/mol. The monoisotopic (exact) mass is 457 g/mol. The molecule has 5 atom stereocenters. The Labute approximate surface area is 191 Å². The van der Waals surface area contributed by atoms with Crippen molar-refractivity contribution in [2.45, 2.75) is 63.5 Å². The van der Waals surface area contributed by atoms with E-state index < -0.39 is 48.5 Å². The molecule has 9 heteroatoms. The van der Waals surface area contributed by atoms with Gasteiger partial charge >= 0.3 is 12.1 Å². The summed E-state index contributed by atoms with van der Waals surface area (Å²) >= 11 is 0. The van der Waals surface area contributed by atoms with Crippen molar-refractivity contribution < 1.29 is 38.4 Å². The van der Waals surface area contributed by atoms with Crippen LogP contribution in [0.1, 0.15) is 25.0 Å². The van der Waals surface area contributed by atoms with Crippen molar-refractivity contribution in [3.63, 3.8) is 0 Å². The quantitative estimate of drug-likeness (QED) is 0.622. The van der Waals surface area contributed by atoms with E-state index in [1.54, 1.807) is 26.0 Å². The highest BCUT2D eigenvalue weighted by Gasteiger charge is 2.58. The second-order valence-corrected chi connectivity index (χ2v) is 8.35. The van der Waals surface area contributed by atoms with Gasteiger partial charge in [0.15, 0.2) is 18.1 Å². The molecule has 2 aliphatic rings. The fourth-order valence-electron chi connectivity index (χ4n) is 3.90. The molecule has 0 bridgehead atoms. The molecule has 2 aromatic rings. The fraction of sp³-hybridized carbons (Fsp3) is 0.417. The number of amides is 1. The van der Waals surface area contributed by atoms with Gasteiger partial charge in [0.05, 0.1) is 6.61 Å². The number of hydrogen-bond acceptors (Lipinski definition) is 7. The van der Waals surface area contributed by atoms with Gasteiger partial charge in [-0.1, -0.05) is 60.7 Å². The lowest BCUT2D eigenvalue weighted by Gasteiger charge is -2.29. The van der Waals surface area contributed by atoms with Crippen LogP contribution < -0.4 is 5.32 Å². The first-order chi connectivity index (χ1) is 15.8. The van der Waals surface area contributed by atoms with Gasteiger partial charge in [0, 0.05) is 0 Å². The van der Waals surface area contributed by atoms with Crippen molar-refractivity contribution in [2.75, 3.05) is 0 Å². The molecular formula is C24H27NO8. The van der Waals surface area contributed by atoms with Gasteiger partial charge in [0.25, 0.3) is 0 Å². The maximum Gasteiger partial charge on any atom is 0.408 e. The fourth-order valence-corrected chi connectivity index (χ4v) is 3.90. The van der Waals surface area contributed by atoms with Crippen LogP contribution in [0.3, 0.4) is 0 Å². The number of hydrogen-bond donors (Lipinski definition) is 2. The second-order valence-electron chi connectivity index (χ2n) is 8.35. The van der Waals surface area contributed by atoms with Crippen molar-refractivity contribution >= 4 is 12.1 Å². The smallest absolute Gasteiger partial charge is 0.408 e. The minimum Gasteiger partial charge on any atom is -0.480 e. The molecule has 2 saturated heterocycles. The molecule has 2 aliphatic heterocycles. The number of carbonyl (C=O) groups excluding carboxylic acids is 1. The molecule has 2 fully saturated rings. The third-order valence-corrected chi connectivity index (χ3v) is 5.39. The van der Waals surface area contributed by atoms with E-state index in [9.17, 15) is 14.7 Å². The number of aliphatic carboxylic acids is 1. The summed E-state index contributed by atoms with van der Waals surface area (Å²) in [5.74, 6) is -2.20. The molecule has 0 spiro atoms. The number of nitrogens with one attached hydrogen (secondary N) is 1. The number of rotatable bonds is 8. The average Bonchev–Trinajstić information content (AvgIpc) is 3.27. The first-order valence-electron chi connectivity index (χ1n) is 10.7. The van der Waals surface area contributed by atoms with Gasteiger partial charge in [-0.25, -0.2) is 9.59 Å². The van der Waals surface area contributed by atoms with E-state index in [-0.39, 0.29) is 13.2 Å². The Bertz CT molecular complexity index is 951. The Kier molecular flexibility index (Phi) is 6.94. The highest BCUT2D eigenvalue weighted by atomic mass is 16.8. The lowest BCUT2D eigenvalue weighted by molar-refractivity contribution is -0.222. The van der Waals surface area contributed by atoms with Gasteiger partial charge in [-0.3, -0.25) is 0 Å². The van der Waals surface area contributed by atoms with Crippen molar-refractivity contribution in [1.29, 1.82) is 0 Å². The summed E-state index contributed by atoms with van der Waals surface area (Å²) in [6.45, 7) is 3.70. The Morgan fingerprint density at radius 2 is 1.61 bits per heavy atom. The van der Waals surface area contributed by atoms with Gasteiger partial charge < -0.3 is 34.1 Å². The SMILES string of the molecule is CC1(C)O[C@H]2O[C@H]([C@H](NC(=O)OCc3ccccc3)C(=O)O)[C@H](OCc3ccccc3)[C@H]2O1. The number of carbonyl (C=O) groups is 2. The van der Waals surface area contributed by atoms with Crippen molar-refractivity contribution in [3.05, 3.63) is 71.8 Å². The van der Waals surface area contributed by atoms with Crippen molar-refractivity contribution in [2.24, 2.45) is 0 Å². The molecule has 1 amide bonds. The zero-order valence-corrected chi connectivity index (χ0v) is 18.4. The number of ether oxygens (including phenoxy) is 5. The molecule has 2 aromatic carbocycles. The summed E-state index contributed by atoms with van der Waals surface area (Å²) in [5.41, 5.74) is 1.68. The second kappa shape index (κ2) is 9.88. The molecule has 4 rings (SSSR count). The van der Waals surface area contributed by atoms with Crippen LogP contribution in [0, 0.1) is 0 Å². The normalized spacial score (nSPS) is 26.4. The first kappa shape index (κ1) is 23.2. The van der Waals surface area contributed by atoms with E-state index >= 15 is 0 Å². The van der Waals surface area contributed by atoms with Crippen molar-refractivity contribution in [1.82, 2.24) is 5.32 Å². The Morgan fingerprint density at radius 1 is 1.00 bits per heavy atom. The Hall–Kier alpha value is -2.98. The van der Waals surface area contributed by atoms with Crippen LogP contribution in [0.5, 0.6) is 0 Å². The summed E-state index contributed by atoms with van der Waals surface area (Å²) in [5, 5.41) is 12.2. The van der Waals surface area contributed by atoms with Crippen LogP contribution in [-0.2, 0) is 41.7 Å². The molecule has 0 unspecified atom stereocenters. The summed E-state index contributed by atoms with van der Waals surface area (Å²) in [6.07, 6.45) is -4.21. The topological polar surface area (TPSA) is 113 Å². The Morgan fingerprint density at radius 3 is 2.21 bits per heavy atom. The van der Waals surface area contributed by atoms with Gasteiger partial charge in [-0.15, -0.1) is 0 Å². The van der Waals surface area contributed by atoms with E-state index in [1.807, 2.05) is 48.5 Å². The van der Waals surface area contributed by atoms with Crippen LogP contribution in [0.4, 0.5) is 4.79 Å². The van der Waals surface area contributed by atoms with Crippen LogP contribution in [-0.4, -0.2) is 53.6 Å². The van der Waals surface area contributed by atoms with E-state index in [4.69, 9.17) is 23.7 Å². The van der Waals surface area contributed by atoms with Gasteiger partial charge in [-0.05, 0) is 25.0 Å². The van der Waals surface area contributed by atoms with E-state index in [2.05, 4.69) is 5.32 Å². The molecule has 33 heavy (non-hydrogen) atoms. The standard InChI is InChI=1S/C24H27NO8/c1-24(2)32-20-19(29-13-15-9-5-3-6-10-15)18(31-22(20)33-24)17(21(26)27)25-23(28)30-14-16-11-7-4-8-12-16/h3-12,17-20,22H,13-14H2,1-2H3,(H,25,28)(H,26,27)/t17-,18+,19-,20+,22+/m0/s1. The number of benzene rings is 2. The molecule has 176 valence electrons. The van der Waals surface area contributed by atoms with Crippen LogP contribution in [0.15, 0.2) is 60.7 Å². The summed E-state index contributed by atoms with van der Waals surface area (Å²) in [7, 11) is 0. The van der Waals surface area contributed by atoms with E-state index in [0.29, 0.717) is 0 Å². The first-order valence-corrected chi connectivity index (χ1v) is 10.7. The van der Waals surface area contributed by atoms with Crippen LogP contribution in [0.25, 0.3) is 0 Å². The van der Waals surface area contributed by atoms with Crippen molar-refractivity contribution in [3.8, 4) is 0 Å². The molecule has 0 saturated carbocycles. The highest BCUT2D eigenvalue weighted by molar-refractivity contribution is 5.80. The van der Waals surface area contributed by atoms with E-state index in [0.717, 1.165) is 11.1 Å². The molecule has 2 N–H and O–H groups in total. The Balaban J connectivity index is 1.46. The predicted molar refractivity (Wildman–Crippen MR) is 115 cm³/mol. The largest absolute Gasteiger partial charge is 0.480 e. The molecule has 0 aliphatic carbocycles. The molecule has 0 aromatic heterocycles. The summed E-state index contributed by atoms with van der Waals surface area (Å²) < 4.78 is 28.8. The van der Waals surface area contributed by atoms with E-state index in [1.165, 1.54) is 0 Å². The minimum absolute atomic E-state index is 0.00410. The third-order valence-electron chi connectivity index (χ3n) is 5.39. The minimum atomic E-state index is -1.44. The molecule has 9 nitrogen and oxygen atoms in total. The highest BCUT2D eigenvalue weighted by Crippen LogP contribution is 2.40. The lowest BCUT2D eigenvalue weighted by Crippen LogP contribution is -2.54. The van der Waals surface area contributed by atoms with Gasteiger partial charge in [0.1, 0.15) is 24.9 Å². The number of carboxylic acids is 1. The third kappa shape index (κ3) is 5.69. The molecule has 0 radical (unpaired) electrons. The maximum atomic E-state index is 12.4. The number of alkyl carbamates (subject to hydrolysis) is 1. The van der Waals surface area contributed by atoms with Crippen LogP contribution >= 0.6 is 0 Å². The summed E-state index contributed by atoms with van der Waals surface area (Å²) in [4.78, 5) is 24.4. The lowest BCUT2D eigenvalue weighted by atomic mass is 10.0. The zero-order chi connectivity index (χ0) is 23.4. The molecule has 2 heterocycles. The summed E-state index contributed by atoms with van der Waals surface area (Å²) in [6, 6.07) is 17.1. The zero-order valence-electron chi connectivity index (χ0n) is 18.4. The molecular weight excluding hydrogens is 430 g/mol.